The van der Waals surface area contributed by atoms with Crippen LogP contribution in [0.15, 0.2) is 24.3 Å². The van der Waals surface area contributed by atoms with Gasteiger partial charge in [-0.2, -0.15) is 0 Å². The minimum atomic E-state index is 0.638. The molecule has 1 aliphatic carbocycles. The molecule has 0 radical (unpaired) electrons. The molecule has 0 aliphatic heterocycles. The Morgan fingerprint density at radius 2 is 1.89 bits per heavy atom. The number of nitrogens with two attached hydrogens (primary N) is 1. The molecule has 106 valence electrons. The van der Waals surface area contributed by atoms with Crippen LogP contribution in [0.5, 0.6) is 5.75 Å². The van der Waals surface area contributed by atoms with E-state index in [0.717, 1.165) is 24.8 Å². The van der Waals surface area contributed by atoms with Crippen LogP contribution in [0, 0.1) is 11.8 Å². The molecular weight excluding hydrogens is 234 g/mol. The van der Waals surface area contributed by atoms with Gasteiger partial charge in [0.25, 0.3) is 0 Å². The molecule has 1 aromatic carbocycles. The molecule has 19 heavy (non-hydrogen) atoms. The second-order valence-corrected chi connectivity index (χ2v) is 5.69. The molecule has 0 spiro atoms. The molecule has 2 heteroatoms. The molecule has 3 unspecified atom stereocenters. The molecule has 2 rings (SSSR count). The van der Waals surface area contributed by atoms with Crippen molar-refractivity contribution in [2.75, 3.05) is 13.2 Å². The molecule has 0 saturated heterocycles. The predicted octanol–water partition coefficient (Wildman–Crippen LogP) is 3.95. The van der Waals surface area contributed by atoms with Gasteiger partial charge in [0.05, 0.1) is 6.61 Å². The van der Waals surface area contributed by atoms with Gasteiger partial charge in [0.2, 0.25) is 0 Å². The van der Waals surface area contributed by atoms with E-state index in [1.54, 1.807) is 0 Å². The minimum Gasteiger partial charge on any atom is -0.494 e. The molecule has 2 nitrogen and oxygen atoms in total. The summed E-state index contributed by atoms with van der Waals surface area (Å²) in [5.41, 5.74) is 7.41. The highest BCUT2D eigenvalue weighted by Gasteiger charge is 2.29. The summed E-state index contributed by atoms with van der Waals surface area (Å²) < 4.78 is 5.52. The Labute approximate surface area is 117 Å². The van der Waals surface area contributed by atoms with Crippen LogP contribution in [-0.2, 0) is 0 Å². The normalized spacial score (nSPS) is 27.2. The molecule has 3 atom stereocenters. The standard InChI is InChI=1S/C17H27NO/c1-3-13-5-6-15(12-18)17(11-13)14-7-9-16(10-8-14)19-4-2/h7-10,13,15,17H,3-6,11-12,18H2,1-2H3. The van der Waals surface area contributed by atoms with Crippen molar-refractivity contribution >= 4 is 0 Å². The third kappa shape index (κ3) is 3.50. The van der Waals surface area contributed by atoms with Crippen molar-refractivity contribution in [1.29, 1.82) is 0 Å². The van der Waals surface area contributed by atoms with Gasteiger partial charge in [-0.3, -0.25) is 0 Å². The molecule has 0 heterocycles. The van der Waals surface area contributed by atoms with Gasteiger partial charge in [-0.05, 0) is 61.8 Å². The number of hydrogen-bond acceptors (Lipinski definition) is 2. The van der Waals surface area contributed by atoms with Gasteiger partial charge in [0.1, 0.15) is 5.75 Å². The fraction of sp³-hybridized carbons (Fsp3) is 0.647. The highest BCUT2D eigenvalue weighted by Crippen LogP contribution is 2.41. The average molecular weight is 261 g/mol. The van der Waals surface area contributed by atoms with E-state index in [1.807, 2.05) is 6.92 Å². The molecule has 1 fully saturated rings. The van der Waals surface area contributed by atoms with E-state index >= 15 is 0 Å². The summed E-state index contributed by atoms with van der Waals surface area (Å²) in [6.07, 6.45) is 5.23. The first-order valence-corrected chi connectivity index (χ1v) is 7.71. The second kappa shape index (κ2) is 6.95. The lowest BCUT2D eigenvalue weighted by molar-refractivity contribution is 0.236. The molecule has 1 aliphatic rings. The van der Waals surface area contributed by atoms with Crippen LogP contribution in [0.25, 0.3) is 0 Å². The maximum absolute atomic E-state index is 5.97. The molecular formula is C17H27NO. The van der Waals surface area contributed by atoms with E-state index in [1.165, 1.54) is 31.2 Å². The molecule has 0 bridgehead atoms. The Morgan fingerprint density at radius 3 is 2.47 bits per heavy atom. The zero-order valence-corrected chi connectivity index (χ0v) is 12.3. The first-order chi connectivity index (χ1) is 9.28. The fourth-order valence-corrected chi connectivity index (χ4v) is 3.36. The van der Waals surface area contributed by atoms with Crippen LogP contribution in [0.2, 0.25) is 0 Å². The van der Waals surface area contributed by atoms with Crippen LogP contribution in [0.1, 0.15) is 51.0 Å². The van der Waals surface area contributed by atoms with Gasteiger partial charge in [-0.1, -0.05) is 31.9 Å². The molecule has 1 saturated carbocycles. The summed E-state index contributed by atoms with van der Waals surface area (Å²) in [6.45, 7) is 5.87. The fourth-order valence-electron chi connectivity index (χ4n) is 3.36. The first kappa shape index (κ1) is 14.4. The smallest absolute Gasteiger partial charge is 0.119 e. The summed E-state index contributed by atoms with van der Waals surface area (Å²) in [6, 6.07) is 8.66. The predicted molar refractivity (Wildman–Crippen MR) is 80.5 cm³/mol. The van der Waals surface area contributed by atoms with Crippen LogP contribution < -0.4 is 10.5 Å². The maximum Gasteiger partial charge on any atom is 0.119 e. The van der Waals surface area contributed by atoms with Crippen molar-refractivity contribution in [1.82, 2.24) is 0 Å². The summed E-state index contributed by atoms with van der Waals surface area (Å²) >= 11 is 0. The SMILES string of the molecule is CCOc1ccc(C2CC(CC)CCC2CN)cc1. The zero-order valence-electron chi connectivity index (χ0n) is 12.3. The first-order valence-electron chi connectivity index (χ1n) is 7.71. The van der Waals surface area contributed by atoms with Crippen LogP contribution >= 0.6 is 0 Å². The lowest BCUT2D eigenvalue weighted by Gasteiger charge is -2.35. The highest BCUT2D eigenvalue weighted by molar-refractivity contribution is 5.30. The largest absolute Gasteiger partial charge is 0.494 e. The van der Waals surface area contributed by atoms with E-state index < -0.39 is 0 Å². The average Bonchev–Trinajstić information content (AvgIpc) is 2.47. The number of benzene rings is 1. The van der Waals surface area contributed by atoms with Crippen molar-refractivity contribution in [3.63, 3.8) is 0 Å². The highest BCUT2D eigenvalue weighted by atomic mass is 16.5. The summed E-state index contributed by atoms with van der Waals surface area (Å²) in [5.74, 6) is 3.14. The molecule has 0 amide bonds. The summed E-state index contributed by atoms with van der Waals surface area (Å²) in [4.78, 5) is 0. The van der Waals surface area contributed by atoms with Gasteiger partial charge in [0, 0.05) is 0 Å². The monoisotopic (exact) mass is 261 g/mol. The van der Waals surface area contributed by atoms with E-state index in [-0.39, 0.29) is 0 Å². The summed E-state index contributed by atoms with van der Waals surface area (Å²) in [7, 11) is 0. The van der Waals surface area contributed by atoms with Crippen LogP contribution in [0.4, 0.5) is 0 Å². The lowest BCUT2D eigenvalue weighted by Crippen LogP contribution is -2.28. The van der Waals surface area contributed by atoms with Crippen molar-refractivity contribution < 1.29 is 4.74 Å². The Balaban J connectivity index is 2.11. The van der Waals surface area contributed by atoms with Gasteiger partial charge in [0.15, 0.2) is 0 Å². The van der Waals surface area contributed by atoms with E-state index in [2.05, 4.69) is 31.2 Å². The molecule has 2 N–H and O–H groups in total. The maximum atomic E-state index is 5.97. The van der Waals surface area contributed by atoms with Crippen LogP contribution in [0.3, 0.4) is 0 Å². The van der Waals surface area contributed by atoms with E-state index in [0.29, 0.717) is 11.8 Å². The van der Waals surface area contributed by atoms with Crippen molar-refractivity contribution in [2.24, 2.45) is 17.6 Å². The Morgan fingerprint density at radius 1 is 1.16 bits per heavy atom. The summed E-state index contributed by atoms with van der Waals surface area (Å²) in [5, 5.41) is 0. The lowest BCUT2D eigenvalue weighted by atomic mass is 9.70. The quantitative estimate of drug-likeness (QED) is 0.871. The Bertz CT molecular complexity index is 373. The number of ether oxygens (including phenoxy) is 1. The van der Waals surface area contributed by atoms with Gasteiger partial charge >= 0.3 is 0 Å². The van der Waals surface area contributed by atoms with Crippen molar-refractivity contribution in [3.05, 3.63) is 29.8 Å². The van der Waals surface area contributed by atoms with Gasteiger partial charge in [-0.25, -0.2) is 0 Å². The topological polar surface area (TPSA) is 35.2 Å². The third-order valence-electron chi connectivity index (χ3n) is 4.60. The molecule has 1 aromatic rings. The number of rotatable bonds is 5. The van der Waals surface area contributed by atoms with Gasteiger partial charge in [-0.15, -0.1) is 0 Å². The number of hydrogen-bond donors (Lipinski definition) is 1. The molecule has 0 aromatic heterocycles. The van der Waals surface area contributed by atoms with Gasteiger partial charge < -0.3 is 10.5 Å². The van der Waals surface area contributed by atoms with E-state index in [9.17, 15) is 0 Å². The zero-order chi connectivity index (χ0) is 13.7. The third-order valence-corrected chi connectivity index (χ3v) is 4.60. The minimum absolute atomic E-state index is 0.638. The van der Waals surface area contributed by atoms with Crippen molar-refractivity contribution in [2.45, 2.75) is 45.4 Å². The van der Waals surface area contributed by atoms with Crippen molar-refractivity contribution in [3.8, 4) is 5.75 Å². The second-order valence-electron chi connectivity index (χ2n) is 5.69. The Kier molecular flexibility index (Phi) is 5.26. The van der Waals surface area contributed by atoms with E-state index in [4.69, 9.17) is 10.5 Å². The van der Waals surface area contributed by atoms with Crippen LogP contribution in [-0.4, -0.2) is 13.2 Å². The Hall–Kier alpha value is -1.02.